The number of sulfonamides is 1. The van der Waals surface area contributed by atoms with Crippen molar-refractivity contribution in [1.82, 2.24) is 0 Å². The lowest BCUT2D eigenvalue weighted by atomic mass is 10.0. The number of alkyl halides is 3. The second-order valence-corrected chi connectivity index (χ2v) is 9.18. The van der Waals surface area contributed by atoms with Gasteiger partial charge in [0.1, 0.15) is 0 Å². The lowest BCUT2D eigenvalue weighted by molar-refractivity contribution is -0.136. The lowest BCUT2D eigenvalue weighted by Crippen LogP contribution is -2.36. The minimum atomic E-state index is -4.68. The largest absolute Gasteiger partial charge is 0.418 e. The van der Waals surface area contributed by atoms with E-state index in [0.29, 0.717) is 30.6 Å². The molecular weight excluding hydrogens is 429 g/mol. The number of hydrogen-bond donors (Lipinski definition) is 1. The maximum Gasteiger partial charge on any atom is 0.418 e. The fourth-order valence-corrected chi connectivity index (χ4v) is 4.57. The van der Waals surface area contributed by atoms with Crippen molar-refractivity contribution < 1.29 is 26.4 Å². The Labute approximate surface area is 171 Å². The van der Waals surface area contributed by atoms with Crippen LogP contribution in [0.4, 0.5) is 24.5 Å². The monoisotopic (exact) mass is 446 g/mol. The quantitative estimate of drug-likeness (QED) is 0.739. The summed E-state index contributed by atoms with van der Waals surface area (Å²) in [6.45, 7) is 1.91. The highest BCUT2D eigenvalue weighted by atomic mass is 35.5. The van der Waals surface area contributed by atoms with Gasteiger partial charge in [-0.1, -0.05) is 11.6 Å². The zero-order valence-corrected chi connectivity index (χ0v) is 17.0. The van der Waals surface area contributed by atoms with Gasteiger partial charge in [-0.05, 0) is 61.7 Å². The number of nitrogens with one attached hydrogen (secondary N) is 1. The molecule has 0 radical (unpaired) electrons. The molecule has 0 saturated heterocycles. The van der Waals surface area contributed by atoms with Crippen LogP contribution < -0.4 is 9.62 Å². The second-order valence-electron chi connectivity index (χ2n) is 6.56. The molecular formula is C19H18ClF3N2O3S. The minimum Gasteiger partial charge on any atom is -0.321 e. The number of fused-ring (bicyclic) bond motifs is 1. The number of aryl methyl sites for hydroxylation is 1. The van der Waals surface area contributed by atoms with Crippen LogP contribution in [0.1, 0.15) is 34.8 Å². The highest BCUT2D eigenvalue weighted by Gasteiger charge is 2.34. The van der Waals surface area contributed by atoms with Crippen LogP contribution >= 0.6 is 11.6 Å². The van der Waals surface area contributed by atoms with Gasteiger partial charge in [0.25, 0.3) is 5.91 Å². The van der Waals surface area contributed by atoms with E-state index in [-0.39, 0.29) is 16.3 Å². The van der Waals surface area contributed by atoms with Crippen molar-refractivity contribution in [3.05, 3.63) is 58.1 Å². The Bertz CT molecular complexity index is 1060. The van der Waals surface area contributed by atoms with E-state index < -0.39 is 33.4 Å². The number of halogens is 4. The van der Waals surface area contributed by atoms with Crippen LogP contribution in [0, 0.1) is 0 Å². The molecule has 2 aromatic carbocycles. The standard InChI is InChI=1S/C19H18ClF3N2O3S/c1-2-29(27,28)25-9-3-4-12-10-13(5-8-17(12)25)18(26)24-16-7-6-14(20)11-15(16)19(21,22)23/h5-8,10-11H,2-4,9H2,1H3,(H,24,26). The Morgan fingerprint density at radius 1 is 1.21 bits per heavy atom. The van der Waals surface area contributed by atoms with Gasteiger partial charge in [-0.15, -0.1) is 0 Å². The van der Waals surface area contributed by atoms with Gasteiger partial charge in [0.15, 0.2) is 0 Å². The van der Waals surface area contributed by atoms with Crippen molar-refractivity contribution >= 4 is 38.9 Å². The van der Waals surface area contributed by atoms with Gasteiger partial charge in [-0.2, -0.15) is 13.2 Å². The first-order valence-corrected chi connectivity index (χ1v) is 10.8. The third-order valence-electron chi connectivity index (χ3n) is 4.65. The van der Waals surface area contributed by atoms with Crippen LogP contribution in [0.15, 0.2) is 36.4 Å². The summed E-state index contributed by atoms with van der Waals surface area (Å²) in [4.78, 5) is 12.6. The molecule has 0 atom stereocenters. The summed E-state index contributed by atoms with van der Waals surface area (Å²) in [6, 6.07) is 7.54. The molecule has 0 aliphatic carbocycles. The number of carbonyl (C=O) groups excluding carboxylic acids is 1. The average molecular weight is 447 g/mol. The minimum absolute atomic E-state index is 0.0501. The number of rotatable bonds is 4. The topological polar surface area (TPSA) is 66.5 Å². The molecule has 2 aromatic rings. The Kier molecular flexibility index (Phi) is 5.82. The van der Waals surface area contributed by atoms with Crippen LogP contribution in [-0.4, -0.2) is 26.6 Å². The Balaban J connectivity index is 1.91. The van der Waals surface area contributed by atoms with E-state index >= 15 is 0 Å². The Hall–Kier alpha value is -2.26. The van der Waals surface area contributed by atoms with E-state index in [2.05, 4.69) is 5.32 Å². The zero-order chi connectivity index (χ0) is 21.4. The highest BCUT2D eigenvalue weighted by Crippen LogP contribution is 2.37. The van der Waals surface area contributed by atoms with Gasteiger partial charge in [0.2, 0.25) is 10.0 Å². The highest BCUT2D eigenvalue weighted by molar-refractivity contribution is 7.92. The summed E-state index contributed by atoms with van der Waals surface area (Å²) in [5.41, 5.74) is -0.149. The molecule has 0 unspecified atom stereocenters. The van der Waals surface area contributed by atoms with E-state index in [1.807, 2.05) is 0 Å². The van der Waals surface area contributed by atoms with Gasteiger partial charge < -0.3 is 5.32 Å². The molecule has 5 nitrogen and oxygen atoms in total. The number of hydrogen-bond acceptors (Lipinski definition) is 3. The molecule has 0 saturated carbocycles. The molecule has 29 heavy (non-hydrogen) atoms. The molecule has 1 amide bonds. The van der Waals surface area contributed by atoms with Crippen LogP contribution in [0.2, 0.25) is 5.02 Å². The zero-order valence-electron chi connectivity index (χ0n) is 15.4. The van der Waals surface area contributed by atoms with Crippen molar-refractivity contribution in [2.45, 2.75) is 25.9 Å². The number of anilines is 2. The molecule has 1 aliphatic heterocycles. The molecule has 3 rings (SSSR count). The first-order chi connectivity index (χ1) is 13.5. The van der Waals surface area contributed by atoms with Crippen molar-refractivity contribution in [3.63, 3.8) is 0 Å². The third-order valence-corrected chi connectivity index (χ3v) is 6.67. The van der Waals surface area contributed by atoms with Gasteiger partial charge in [-0.25, -0.2) is 8.42 Å². The van der Waals surface area contributed by atoms with Crippen LogP contribution in [0.5, 0.6) is 0 Å². The number of nitrogens with zero attached hydrogens (tertiary/aromatic N) is 1. The number of carbonyl (C=O) groups is 1. The van der Waals surface area contributed by atoms with Crippen LogP contribution in [0.3, 0.4) is 0 Å². The maximum atomic E-state index is 13.2. The predicted molar refractivity (Wildman–Crippen MR) is 106 cm³/mol. The van der Waals surface area contributed by atoms with Crippen molar-refractivity contribution in [2.75, 3.05) is 21.9 Å². The summed E-state index contributed by atoms with van der Waals surface area (Å²) < 4.78 is 65.5. The average Bonchev–Trinajstić information content (AvgIpc) is 2.67. The van der Waals surface area contributed by atoms with Gasteiger partial charge >= 0.3 is 6.18 Å². The normalized spacial score (nSPS) is 14.4. The smallest absolute Gasteiger partial charge is 0.321 e. The maximum absolute atomic E-state index is 13.2. The summed E-state index contributed by atoms with van der Waals surface area (Å²) >= 11 is 5.65. The molecule has 0 fully saturated rings. The van der Waals surface area contributed by atoms with Crippen molar-refractivity contribution in [3.8, 4) is 0 Å². The predicted octanol–water partition coefficient (Wildman–Crippen LogP) is 4.71. The van der Waals surface area contributed by atoms with E-state index in [0.717, 1.165) is 12.1 Å². The van der Waals surface area contributed by atoms with E-state index in [9.17, 15) is 26.4 Å². The molecule has 0 aromatic heterocycles. The fraction of sp³-hybridized carbons (Fsp3) is 0.316. The number of benzene rings is 2. The molecule has 0 spiro atoms. The molecule has 1 N–H and O–H groups in total. The summed E-state index contributed by atoms with van der Waals surface area (Å²) in [7, 11) is -3.45. The SMILES string of the molecule is CCS(=O)(=O)N1CCCc2cc(C(=O)Nc3ccc(Cl)cc3C(F)(F)F)ccc21. The number of amides is 1. The van der Waals surface area contributed by atoms with Crippen molar-refractivity contribution in [1.29, 1.82) is 0 Å². The molecule has 1 aliphatic rings. The van der Waals surface area contributed by atoms with E-state index in [4.69, 9.17) is 11.6 Å². The Morgan fingerprint density at radius 3 is 2.59 bits per heavy atom. The van der Waals surface area contributed by atoms with Crippen LogP contribution in [-0.2, 0) is 22.6 Å². The second kappa shape index (κ2) is 7.87. The molecule has 156 valence electrons. The van der Waals surface area contributed by atoms with Crippen molar-refractivity contribution in [2.24, 2.45) is 0 Å². The molecule has 0 bridgehead atoms. The Morgan fingerprint density at radius 2 is 1.93 bits per heavy atom. The van der Waals surface area contributed by atoms with E-state index in [1.54, 1.807) is 6.92 Å². The summed E-state index contributed by atoms with van der Waals surface area (Å²) in [5.74, 6) is -0.776. The lowest BCUT2D eigenvalue weighted by Gasteiger charge is -2.30. The fourth-order valence-electron chi connectivity index (χ4n) is 3.20. The first-order valence-electron chi connectivity index (χ1n) is 8.84. The molecule has 10 heteroatoms. The van der Waals surface area contributed by atoms with Gasteiger partial charge in [0.05, 0.1) is 22.7 Å². The summed E-state index contributed by atoms with van der Waals surface area (Å²) in [5, 5.41) is 2.17. The summed E-state index contributed by atoms with van der Waals surface area (Å²) in [6.07, 6.45) is -3.52. The van der Waals surface area contributed by atoms with Gasteiger partial charge in [0, 0.05) is 17.1 Å². The van der Waals surface area contributed by atoms with Crippen LogP contribution in [0.25, 0.3) is 0 Å². The third kappa shape index (κ3) is 4.51. The van der Waals surface area contributed by atoms with E-state index in [1.165, 1.54) is 28.6 Å². The first kappa shape index (κ1) is 21.4. The van der Waals surface area contributed by atoms with Gasteiger partial charge in [-0.3, -0.25) is 9.10 Å². The molecule has 1 heterocycles.